The Labute approximate surface area is 168 Å². The lowest BCUT2D eigenvalue weighted by atomic mass is 10.1. The largest absolute Gasteiger partial charge is 0.451 e. The van der Waals surface area contributed by atoms with Gasteiger partial charge in [-0.2, -0.15) is 13.2 Å². The quantitative estimate of drug-likeness (QED) is 0.390. The molecule has 0 radical (unpaired) electrons. The van der Waals surface area contributed by atoms with Crippen molar-refractivity contribution in [1.82, 2.24) is 0 Å². The van der Waals surface area contributed by atoms with Crippen molar-refractivity contribution in [2.45, 2.75) is 6.18 Å². The van der Waals surface area contributed by atoms with Crippen LogP contribution in [-0.2, 0) is 6.18 Å². The summed E-state index contributed by atoms with van der Waals surface area (Å²) in [5.74, 6) is -0.485. The van der Waals surface area contributed by atoms with E-state index in [-0.39, 0.29) is 22.1 Å². The molecule has 0 unspecified atom stereocenters. The van der Waals surface area contributed by atoms with Crippen molar-refractivity contribution in [3.63, 3.8) is 0 Å². The number of benzene rings is 3. The van der Waals surface area contributed by atoms with Crippen LogP contribution in [0.2, 0.25) is 5.02 Å². The molecular weight excluding hydrogens is 403 g/mol. The van der Waals surface area contributed by atoms with Crippen molar-refractivity contribution in [3.8, 4) is 11.3 Å². The van der Waals surface area contributed by atoms with Gasteiger partial charge in [-0.25, -0.2) is 0 Å². The molecule has 4 aromatic rings. The van der Waals surface area contributed by atoms with Crippen molar-refractivity contribution >= 4 is 34.0 Å². The van der Waals surface area contributed by atoms with Crippen molar-refractivity contribution in [2.75, 3.05) is 5.32 Å². The second-order valence-electron chi connectivity index (χ2n) is 6.34. The Morgan fingerprint density at radius 2 is 1.69 bits per heavy atom. The number of anilines is 1. The molecule has 0 aliphatic carbocycles. The van der Waals surface area contributed by atoms with Gasteiger partial charge in [-0.15, -0.1) is 0 Å². The van der Waals surface area contributed by atoms with E-state index in [9.17, 15) is 18.0 Å². The van der Waals surface area contributed by atoms with Crippen LogP contribution in [0.3, 0.4) is 0 Å². The van der Waals surface area contributed by atoms with Crippen molar-refractivity contribution in [3.05, 3.63) is 89.1 Å². The minimum atomic E-state index is -4.51. The van der Waals surface area contributed by atoms with Crippen LogP contribution < -0.4 is 5.32 Å². The lowest BCUT2D eigenvalue weighted by Gasteiger charge is -2.09. The van der Waals surface area contributed by atoms with Crippen LogP contribution in [0.4, 0.5) is 18.9 Å². The van der Waals surface area contributed by atoms with Crippen LogP contribution in [0.15, 0.2) is 77.2 Å². The Morgan fingerprint density at radius 1 is 0.931 bits per heavy atom. The molecule has 146 valence electrons. The molecular formula is C22H13ClF3NO2. The van der Waals surface area contributed by atoms with E-state index in [1.165, 1.54) is 12.1 Å². The second kappa shape index (κ2) is 7.29. The zero-order valence-electron chi connectivity index (χ0n) is 14.8. The number of carbonyl (C=O) groups is 1. The van der Waals surface area contributed by atoms with Gasteiger partial charge in [-0.1, -0.05) is 48.0 Å². The molecule has 0 aliphatic rings. The molecule has 0 atom stereocenters. The first-order valence-corrected chi connectivity index (χ1v) is 8.97. The van der Waals surface area contributed by atoms with E-state index in [0.29, 0.717) is 5.69 Å². The van der Waals surface area contributed by atoms with E-state index in [1.54, 1.807) is 6.07 Å². The van der Waals surface area contributed by atoms with E-state index < -0.39 is 17.6 Å². The number of halogens is 4. The third kappa shape index (κ3) is 3.84. The number of hydrogen-bond donors (Lipinski definition) is 1. The smallest absolute Gasteiger partial charge is 0.416 e. The van der Waals surface area contributed by atoms with Gasteiger partial charge in [-0.05, 0) is 41.8 Å². The Balaban J connectivity index is 1.63. The molecule has 0 spiro atoms. The minimum Gasteiger partial charge on any atom is -0.451 e. The van der Waals surface area contributed by atoms with Gasteiger partial charge in [0, 0.05) is 16.6 Å². The summed E-state index contributed by atoms with van der Waals surface area (Å²) in [4.78, 5) is 12.6. The molecule has 0 bridgehead atoms. The van der Waals surface area contributed by atoms with Crippen LogP contribution >= 0.6 is 11.6 Å². The molecule has 0 saturated heterocycles. The summed E-state index contributed by atoms with van der Waals surface area (Å²) in [5.41, 5.74) is -0.191. The zero-order valence-corrected chi connectivity index (χ0v) is 15.5. The van der Waals surface area contributed by atoms with E-state index in [0.717, 1.165) is 29.0 Å². The summed E-state index contributed by atoms with van der Waals surface area (Å²) in [6.45, 7) is 0. The fraction of sp³-hybridized carbons (Fsp3) is 0.0455. The highest BCUT2D eigenvalue weighted by Crippen LogP contribution is 2.36. The van der Waals surface area contributed by atoms with Gasteiger partial charge in [0.15, 0.2) is 5.76 Å². The van der Waals surface area contributed by atoms with E-state index in [4.69, 9.17) is 16.0 Å². The molecule has 3 aromatic carbocycles. The summed E-state index contributed by atoms with van der Waals surface area (Å²) in [6.07, 6.45) is -4.51. The topological polar surface area (TPSA) is 42.2 Å². The number of hydrogen-bond acceptors (Lipinski definition) is 2. The number of carbonyl (C=O) groups excluding carboxylic acids is 1. The molecule has 7 heteroatoms. The Hall–Kier alpha value is -3.25. The molecule has 1 amide bonds. The van der Waals surface area contributed by atoms with Crippen molar-refractivity contribution in [1.29, 1.82) is 0 Å². The molecule has 1 N–H and O–H groups in total. The summed E-state index contributed by atoms with van der Waals surface area (Å²) in [5, 5.41) is 4.68. The van der Waals surface area contributed by atoms with Gasteiger partial charge >= 0.3 is 6.18 Å². The first-order chi connectivity index (χ1) is 13.8. The SMILES string of the molecule is O=C(Nc1cccc2ccccc12)c1ccc(-c2cc(C(F)(F)F)ccc2Cl)o1. The van der Waals surface area contributed by atoms with Crippen molar-refractivity contribution in [2.24, 2.45) is 0 Å². The van der Waals surface area contributed by atoms with Gasteiger partial charge in [0.05, 0.1) is 10.6 Å². The van der Waals surface area contributed by atoms with Gasteiger partial charge in [-0.3, -0.25) is 4.79 Å². The molecule has 29 heavy (non-hydrogen) atoms. The highest BCUT2D eigenvalue weighted by Gasteiger charge is 2.31. The van der Waals surface area contributed by atoms with Crippen LogP contribution in [0.1, 0.15) is 16.1 Å². The van der Waals surface area contributed by atoms with Crippen LogP contribution in [0, 0.1) is 0 Å². The maximum absolute atomic E-state index is 13.0. The standard InChI is InChI=1S/C22H13ClF3NO2/c23-17-9-8-14(22(24,25)26)12-16(17)19-10-11-20(29-19)21(28)27-18-7-3-5-13-4-1-2-6-15(13)18/h1-12H,(H,27,28). The Kier molecular flexibility index (Phi) is 4.80. The fourth-order valence-corrected chi connectivity index (χ4v) is 3.22. The van der Waals surface area contributed by atoms with Crippen LogP contribution in [0.25, 0.3) is 22.1 Å². The Morgan fingerprint density at radius 3 is 2.48 bits per heavy atom. The highest BCUT2D eigenvalue weighted by molar-refractivity contribution is 6.33. The number of fused-ring (bicyclic) bond motifs is 1. The molecule has 0 fully saturated rings. The third-order valence-corrected chi connectivity index (χ3v) is 4.76. The van der Waals surface area contributed by atoms with Gasteiger partial charge in [0.1, 0.15) is 5.76 Å². The monoisotopic (exact) mass is 415 g/mol. The van der Waals surface area contributed by atoms with Gasteiger partial charge < -0.3 is 9.73 Å². The molecule has 0 aliphatic heterocycles. The number of furan rings is 1. The number of amides is 1. The first kappa shape index (κ1) is 19.1. The maximum Gasteiger partial charge on any atom is 0.416 e. The minimum absolute atomic E-state index is 0.0404. The number of nitrogens with one attached hydrogen (secondary N) is 1. The molecule has 3 nitrogen and oxygen atoms in total. The average Bonchev–Trinajstić information content (AvgIpc) is 3.18. The van der Waals surface area contributed by atoms with E-state index in [1.807, 2.05) is 36.4 Å². The van der Waals surface area contributed by atoms with Crippen LogP contribution in [-0.4, -0.2) is 5.91 Å². The second-order valence-corrected chi connectivity index (χ2v) is 6.74. The molecule has 4 rings (SSSR count). The third-order valence-electron chi connectivity index (χ3n) is 4.43. The summed E-state index contributed by atoms with van der Waals surface area (Å²) < 4.78 is 44.4. The lowest BCUT2D eigenvalue weighted by molar-refractivity contribution is -0.137. The molecule has 1 heterocycles. The van der Waals surface area contributed by atoms with Crippen molar-refractivity contribution < 1.29 is 22.4 Å². The number of rotatable bonds is 3. The molecule has 1 aromatic heterocycles. The lowest BCUT2D eigenvalue weighted by Crippen LogP contribution is -2.11. The Bertz CT molecular complexity index is 1210. The first-order valence-electron chi connectivity index (χ1n) is 8.59. The number of alkyl halides is 3. The van der Waals surface area contributed by atoms with Crippen LogP contribution in [0.5, 0.6) is 0 Å². The zero-order chi connectivity index (χ0) is 20.6. The maximum atomic E-state index is 13.0. The molecule has 0 saturated carbocycles. The van der Waals surface area contributed by atoms with Gasteiger partial charge in [0.25, 0.3) is 5.91 Å². The van der Waals surface area contributed by atoms with E-state index in [2.05, 4.69) is 5.32 Å². The van der Waals surface area contributed by atoms with E-state index >= 15 is 0 Å². The normalized spacial score (nSPS) is 11.6. The predicted molar refractivity (Wildman–Crippen MR) is 106 cm³/mol. The highest BCUT2D eigenvalue weighted by atomic mass is 35.5. The average molecular weight is 416 g/mol. The fourth-order valence-electron chi connectivity index (χ4n) is 3.01. The van der Waals surface area contributed by atoms with Gasteiger partial charge in [0.2, 0.25) is 0 Å². The predicted octanol–water partition coefficient (Wildman–Crippen LogP) is 7.02. The summed E-state index contributed by atoms with van der Waals surface area (Å²) >= 11 is 6.04. The summed E-state index contributed by atoms with van der Waals surface area (Å²) in [7, 11) is 0. The summed E-state index contributed by atoms with van der Waals surface area (Å²) in [6, 6.07) is 18.8.